The van der Waals surface area contributed by atoms with E-state index in [0.29, 0.717) is 5.56 Å². The Hall–Kier alpha value is -2.58. The summed E-state index contributed by atoms with van der Waals surface area (Å²) in [5.74, 6) is -1.55. The molecule has 2 rings (SSSR count). The zero-order valence-electron chi connectivity index (χ0n) is 10.8. The molecule has 0 bridgehead atoms. The van der Waals surface area contributed by atoms with Gasteiger partial charge < -0.3 is 14.6 Å². The van der Waals surface area contributed by atoms with E-state index in [1.54, 1.807) is 12.1 Å². The highest BCUT2D eigenvalue weighted by Crippen LogP contribution is 2.29. The van der Waals surface area contributed by atoms with Crippen molar-refractivity contribution in [2.24, 2.45) is 0 Å². The fourth-order valence-electron chi connectivity index (χ4n) is 1.47. The van der Waals surface area contributed by atoms with Crippen LogP contribution in [0.2, 0.25) is 0 Å². The normalized spacial score (nSPS) is 11.2. The Morgan fingerprint density at radius 2 is 2.00 bits per heavy atom. The highest BCUT2D eigenvalue weighted by atomic mass is 19.4. The van der Waals surface area contributed by atoms with E-state index in [1.165, 1.54) is 19.2 Å². The molecular weight excluding hydrogens is 291 g/mol. The van der Waals surface area contributed by atoms with Gasteiger partial charge in [-0.2, -0.15) is 18.2 Å². The van der Waals surface area contributed by atoms with Gasteiger partial charge in [-0.05, 0) is 5.56 Å². The van der Waals surface area contributed by atoms with E-state index in [2.05, 4.69) is 24.7 Å². The molecule has 1 heterocycles. The van der Waals surface area contributed by atoms with Crippen LogP contribution in [0.1, 0.15) is 11.5 Å². The largest absolute Gasteiger partial charge is 0.471 e. The molecule has 1 aromatic heterocycles. The lowest BCUT2D eigenvalue weighted by molar-refractivity contribution is -0.159. The number of alkyl halides is 3. The lowest BCUT2D eigenvalue weighted by Crippen LogP contribution is -2.22. The minimum Gasteiger partial charge on any atom is -0.453 e. The molecular formula is C12H10F3N3O3. The molecule has 21 heavy (non-hydrogen) atoms. The number of methoxy groups -OCH3 is 1. The number of hydrogen-bond donors (Lipinski definition) is 1. The molecule has 0 aliphatic rings. The van der Waals surface area contributed by atoms with Gasteiger partial charge in [0, 0.05) is 12.1 Å². The highest BCUT2D eigenvalue weighted by Gasteiger charge is 2.38. The van der Waals surface area contributed by atoms with Crippen LogP contribution in [0.15, 0.2) is 28.8 Å². The van der Waals surface area contributed by atoms with Gasteiger partial charge >= 0.3 is 18.2 Å². The summed E-state index contributed by atoms with van der Waals surface area (Å²) >= 11 is 0. The van der Waals surface area contributed by atoms with Gasteiger partial charge in [-0.3, -0.25) is 0 Å². The molecule has 6 nitrogen and oxygen atoms in total. The first kappa shape index (κ1) is 14.8. The van der Waals surface area contributed by atoms with Crippen molar-refractivity contribution in [1.29, 1.82) is 0 Å². The molecule has 2 aromatic rings. The smallest absolute Gasteiger partial charge is 0.453 e. The number of nitrogens with one attached hydrogen (secondary N) is 1. The van der Waals surface area contributed by atoms with Crippen molar-refractivity contribution in [1.82, 2.24) is 15.5 Å². The molecule has 0 fully saturated rings. The van der Waals surface area contributed by atoms with E-state index in [9.17, 15) is 18.0 Å². The Kier molecular flexibility index (Phi) is 4.10. The van der Waals surface area contributed by atoms with Crippen molar-refractivity contribution in [2.45, 2.75) is 12.7 Å². The first-order valence-electron chi connectivity index (χ1n) is 5.72. The third-order valence-corrected chi connectivity index (χ3v) is 2.50. The number of benzene rings is 1. The predicted molar refractivity (Wildman–Crippen MR) is 64.0 cm³/mol. The standard InChI is InChI=1S/C12H10F3N3O3/c1-20-11(19)16-6-7-2-4-8(5-3-7)9-17-10(21-18-9)12(13,14)15/h2-5H,6H2,1H3,(H,16,19). The van der Waals surface area contributed by atoms with E-state index < -0.39 is 18.2 Å². The van der Waals surface area contributed by atoms with Crippen LogP contribution in [0.3, 0.4) is 0 Å². The number of amides is 1. The first-order valence-corrected chi connectivity index (χ1v) is 5.72. The average molecular weight is 301 g/mol. The van der Waals surface area contributed by atoms with Gasteiger partial charge in [0.1, 0.15) is 0 Å². The van der Waals surface area contributed by atoms with Crippen molar-refractivity contribution in [3.63, 3.8) is 0 Å². The molecule has 0 saturated carbocycles. The summed E-state index contributed by atoms with van der Waals surface area (Å²) in [4.78, 5) is 14.2. The number of nitrogens with zero attached hydrogens (tertiary/aromatic N) is 2. The predicted octanol–water partition coefficient (Wildman–Crippen LogP) is 2.61. The number of carbonyl (C=O) groups excluding carboxylic acids is 1. The van der Waals surface area contributed by atoms with Gasteiger partial charge in [-0.25, -0.2) is 4.79 Å². The quantitative estimate of drug-likeness (QED) is 0.943. The van der Waals surface area contributed by atoms with Crippen LogP contribution in [0, 0.1) is 0 Å². The zero-order valence-corrected chi connectivity index (χ0v) is 10.8. The van der Waals surface area contributed by atoms with E-state index in [1.807, 2.05) is 0 Å². The fraction of sp³-hybridized carbons (Fsp3) is 0.250. The second-order valence-corrected chi connectivity index (χ2v) is 3.96. The number of hydrogen-bond acceptors (Lipinski definition) is 5. The summed E-state index contributed by atoms with van der Waals surface area (Å²) in [6.07, 6.45) is -5.25. The molecule has 0 unspecified atom stereocenters. The van der Waals surface area contributed by atoms with Gasteiger partial charge in [0.25, 0.3) is 0 Å². The van der Waals surface area contributed by atoms with E-state index >= 15 is 0 Å². The summed E-state index contributed by atoms with van der Waals surface area (Å²) in [5.41, 5.74) is 1.11. The maximum absolute atomic E-state index is 12.3. The van der Waals surface area contributed by atoms with Crippen LogP contribution >= 0.6 is 0 Å². The van der Waals surface area contributed by atoms with Crippen molar-refractivity contribution in [3.05, 3.63) is 35.7 Å². The molecule has 0 aliphatic carbocycles. The van der Waals surface area contributed by atoms with Crippen molar-refractivity contribution >= 4 is 6.09 Å². The number of aromatic nitrogens is 2. The topological polar surface area (TPSA) is 77.2 Å². The average Bonchev–Trinajstić information content (AvgIpc) is 2.95. The molecule has 1 aromatic carbocycles. The van der Waals surface area contributed by atoms with Gasteiger partial charge in [0.15, 0.2) is 0 Å². The monoisotopic (exact) mass is 301 g/mol. The summed E-state index contributed by atoms with van der Waals surface area (Å²) in [5, 5.41) is 5.75. The van der Waals surface area contributed by atoms with Crippen molar-refractivity contribution < 1.29 is 27.2 Å². The first-order chi connectivity index (χ1) is 9.90. The van der Waals surface area contributed by atoms with Crippen LogP contribution < -0.4 is 5.32 Å². The number of ether oxygens (including phenoxy) is 1. The number of rotatable bonds is 3. The van der Waals surface area contributed by atoms with Crippen LogP contribution in [-0.4, -0.2) is 23.3 Å². The minimum absolute atomic E-state index is 0.158. The van der Waals surface area contributed by atoms with Crippen LogP contribution in [0.25, 0.3) is 11.4 Å². The Labute approximate surface area is 116 Å². The van der Waals surface area contributed by atoms with Gasteiger partial charge in [-0.1, -0.05) is 29.4 Å². The Bertz CT molecular complexity index is 623. The summed E-state index contributed by atoms with van der Waals surface area (Å²) in [6, 6.07) is 6.29. The molecule has 1 amide bonds. The molecule has 0 saturated heterocycles. The van der Waals surface area contributed by atoms with E-state index in [-0.39, 0.29) is 12.4 Å². The van der Waals surface area contributed by atoms with Crippen LogP contribution in [-0.2, 0) is 17.5 Å². The number of halogens is 3. The SMILES string of the molecule is COC(=O)NCc1ccc(-c2noc(C(F)(F)F)n2)cc1. The molecule has 112 valence electrons. The Morgan fingerprint density at radius 1 is 1.33 bits per heavy atom. The molecule has 0 spiro atoms. The van der Waals surface area contributed by atoms with Gasteiger partial charge in [0.05, 0.1) is 7.11 Å². The third-order valence-electron chi connectivity index (χ3n) is 2.50. The summed E-state index contributed by atoms with van der Waals surface area (Å²) in [6.45, 7) is 0.229. The lowest BCUT2D eigenvalue weighted by atomic mass is 10.1. The lowest BCUT2D eigenvalue weighted by Gasteiger charge is -2.04. The molecule has 0 aliphatic heterocycles. The Morgan fingerprint density at radius 3 is 2.52 bits per heavy atom. The Balaban J connectivity index is 2.08. The minimum atomic E-state index is -4.67. The van der Waals surface area contributed by atoms with Crippen LogP contribution in [0.4, 0.5) is 18.0 Å². The molecule has 0 atom stereocenters. The highest BCUT2D eigenvalue weighted by molar-refractivity contribution is 5.67. The fourth-order valence-corrected chi connectivity index (χ4v) is 1.47. The summed E-state index contributed by atoms with van der Waals surface area (Å²) in [7, 11) is 1.24. The van der Waals surface area contributed by atoms with E-state index in [4.69, 9.17) is 0 Å². The third kappa shape index (κ3) is 3.71. The van der Waals surface area contributed by atoms with Gasteiger partial charge in [-0.15, -0.1) is 0 Å². The molecule has 1 N–H and O–H groups in total. The molecule has 0 radical (unpaired) electrons. The zero-order chi connectivity index (χ0) is 15.5. The van der Waals surface area contributed by atoms with Crippen LogP contribution in [0.5, 0.6) is 0 Å². The van der Waals surface area contributed by atoms with E-state index in [0.717, 1.165) is 5.56 Å². The maximum Gasteiger partial charge on any atom is 0.471 e. The van der Waals surface area contributed by atoms with Crippen molar-refractivity contribution in [2.75, 3.05) is 7.11 Å². The second kappa shape index (κ2) is 5.81. The maximum atomic E-state index is 12.3. The second-order valence-electron chi connectivity index (χ2n) is 3.96. The number of carbonyl (C=O) groups is 1. The summed E-state index contributed by atoms with van der Waals surface area (Å²) < 4.78 is 45.6. The molecule has 9 heteroatoms. The number of alkyl carbamates (subject to hydrolysis) is 1. The van der Waals surface area contributed by atoms with Gasteiger partial charge in [0.2, 0.25) is 5.82 Å². The van der Waals surface area contributed by atoms with Crippen molar-refractivity contribution in [3.8, 4) is 11.4 Å².